The van der Waals surface area contributed by atoms with E-state index in [2.05, 4.69) is 37.3 Å². The number of aromatic amines is 1. The molecule has 7 nitrogen and oxygen atoms in total. The minimum atomic E-state index is -4.55. The maximum Gasteiger partial charge on any atom is 0.416 e. The maximum atomic E-state index is 13.9. The van der Waals surface area contributed by atoms with Gasteiger partial charge in [0.1, 0.15) is 0 Å². The molecule has 0 radical (unpaired) electrons. The number of piperazine rings is 1. The number of rotatable bonds is 7. The van der Waals surface area contributed by atoms with E-state index in [0.717, 1.165) is 43.9 Å². The number of aromatic nitrogens is 3. The van der Waals surface area contributed by atoms with Crippen LogP contribution in [0.15, 0.2) is 72.9 Å². The van der Waals surface area contributed by atoms with E-state index in [4.69, 9.17) is 0 Å². The fourth-order valence-electron chi connectivity index (χ4n) is 4.71. The van der Waals surface area contributed by atoms with Crippen LogP contribution in [0.3, 0.4) is 0 Å². The molecule has 3 heterocycles. The molecular weight excluding hydrogens is 505 g/mol. The second-order valence-corrected chi connectivity index (χ2v) is 9.69. The lowest BCUT2D eigenvalue weighted by Crippen LogP contribution is -2.47. The molecule has 0 saturated carbocycles. The minimum absolute atomic E-state index is 0.0812. The molecule has 1 atom stereocenters. The van der Waals surface area contributed by atoms with Crippen LogP contribution in [0.1, 0.15) is 28.4 Å². The Morgan fingerprint density at radius 1 is 1.05 bits per heavy atom. The lowest BCUT2D eigenvalue weighted by molar-refractivity contribution is -0.137. The number of halogens is 3. The van der Waals surface area contributed by atoms with Gasteiger partial charge in [-0.05, 0) is 48.5 Å². The first-order chi connectivity index (χ1) is 18.8. The molecule has 2 N–H and O–H groups in total. The summed E-state index contributed by atoms with van der Waals surface area (Å²) in [7, 11) is 2.08. The van der Waals surface area contributed by atoms with Crippen molar-refractivity contribution in [3.8, 4) is 0 Å². The lowest BCUT2D eigenvalue weighted by atomic mass is 9.99. The Bertz CT molecular complexity index is 1460. The first-order valence-corrected chi connectivity index (χ1v) is 12.7. The number of hydrogen-bond acceptors (Lipinski definition) is 5. The number of carbonyl (C=O) groups excluding carboxylic acids is 1. The van der Waals surface area contributed by atoms with E-state index in [1.807, 2.05) is 30.3 Å². The Morgan fingerprint density at radius 3 is 2.56 bits per heavy atom. The SMILES string of the molecule is CN1CCN(C[C@@H](NC(=O)/C(=C/c2n[nH]c3ncccc23)c2cccc(C(F)(F)F)c2)c2ccccc2)CC1. The number of pyridine rings is 1. The summed E-state index contributed by atoms with van der Waals surface area (Å²) in [6.07, 6.45) is -1.42. The van der Waals surface area contributed by atoms with Gasteiger partial charge in [-0.15, -0.1) is 0 Å². The minimum Gasteiger partial charge on any atom is -0.344 e. The van der Waals surface area contributed by atoms with Crippen LogP contribution >= 0.6 is 0 Å². The van der Waals surface area contributed by atoms with Gasteiger partial charge in [0.15, 0.2) is 5.65 Å². The van der Waals surface area contributed by atoms with Gasteiger partial charge in [-0.25, -0.2) is 4.98 Å². The molecule has 2 aromatic heterocycles. The lowest BCUT2D eigenvalue weighted by Gasteiger charge is -2.35. The number of nitrogens with one attached hydrogen (secondary N) is 2. The standard InChI is InChI=1S/C29H29F3N6O/c1-37-13-15-38(16-14-37)19-26(20-7-3-2-4-8-20)34-28(39)24(21-9-5-10-22(17-21)29(30,31)32)18-25-23-11-6-12-33-27(23)36-35-25/h2-12,17-18,26H,13-16,19H2,1H3,(H,34,39)(H,33,35,36)/b24-18+/t26-/m1/s1. The molecule has 1 aliphatic heterocycles. The summed E-state index contributed by atoms with van der Waals surface area (Å²) in [5, 5.41) is 10.9. The Morgan fingerprint density at radius 2 is 1.82 bits per heavy atom. The van der Waals surface area contributed by atoms with Crippen molar-refractivity contribution in [3.05, 3.63) is 95.3 Å². The van der Waals surface area contributed by atoms with Gasteiger partial charge in [-0.2, -0.15) is 18.3 Å². The van der Waals surface area contributed by atoms with E-state index in [1.54, 1.807) is 18.3 Å². The fraction of sp³-hybridized carbons (Fsp3) is 0.276. The predicted octanol–water partition coefficient (Wildman–Crippen LogP) is 4.62. The van der Waals surface area contributed by atoms with Crippen LogP contribution in [0.4, 0.5) is 13.2 Å². The summed E-state index contributed by atoms with van der Waals surface area (Å²) < 4.78 is 40.7. The second-order valence-electron chi connectivity index (χ2n) is 9.69. The molecule has 10 heteroatoms. The number of nitrogens with zero attached hydrogens (tertiary/aromatic N) is 4. The fourth-order valence-corrected chi connectivity index (χ4v) is 4.71. The second kappa shape index (κ2) is 11.4. The highest BCUT2D eigenvalue weighted by atomic mass is 19.4. The van der Waals surface area contributed by atoms with E-state index in [9.17, 15) is 18.0 Å². The van der Waals surface area contributed by atoms with Gasteiger partial charge >= 0.3 is 6.18 Å². The van der Waals surface area contributed by atoms with Gasteiger partial charge < -0.3 is 10.2 Å². The Hall–Kier alpha value is -4.02. The quantitative estimate of drug-likeness (QED) is 0.339. The highest BCUT2D eigenvalue weighted by Crippen LogP contribution is 2.32. The zero-order chi connectivity index (χ0) is 27.4. The molecule has 1 saturated heterocycles. The molecule has 0 unspecified atom stereocenters. The van der Waals surface area contributed by atoms with E-state index in [-0.39, 0.29) is 17.2 Å². The highest BCUT2D eigenvalue weighted by Gasteiger charge is 2.31. The molecule has 0 spiro atoms. The molecule has 202 valence electrons. The topological polar surface area (TPSA) is 77.1 Å². The number of amides is 1. The summed E-state index contributed by atoms with van der Waals surface area (Å²) >= 11 is 0. The van der Waals surface area contributed by atoms with Crippen LogP contribution in [0.2, 0.25) is 0 Å². The maximum absolute atomic E-state index is 13.9. The van der Waals surface area contributed by atoms with Crippen molar-refractivity contribution in [2.75, 3.05) is 39.8 Å². The molecule has 1 aliphatic rings. The zero-order valence-electron chi connectivity index (χ0n) is 21.4. The largest absolute Gasteiger partial charge is 0.416 e. The molecule has 1 amide bonds. The van der Waals surface area contributed by atoms with Crippen molar-refractivity contribution >= 4 is 28.6 Å². The zero-order valence-corrected chi connectivity index (χ0v) is 21.4. The van der Waals surface area contributed by atoms with Gasteiger partial charge in [0.2, 0.25) is 0 Å². The molecule has 4 aromatic rings. The third kappa shape index (κ3) is 6.35. The average molecular weight is 535 g/mol. The molecule has 5 rings (SSSR count). The van der Waals surface area contributed by atoms with Crippen LogP contribution in [-0.2, 0) is 11.0 Å². The van der Waals surface area contributed by atoms with E-state index >= 15 is 0 Å². The molecule has 2 aromatic carbocycles. The van der Waals surface area contributed by atoms with E-state index < -0.39 is 17.6 Å². The van der Waals surface area contributed by atoms with Crippen molar-refractivity contribution in [1.82, 2.24) is 30.3 Å². The summed E-state index contributed by atoms with van der Waals surface area (Å²) in [6, 6.07) is 17.6. The number of benzene rings is 2. The molecular formula is C29H29F3N6O. The molecule has 1 fully saturated rings. The van der Waals surface area contributed by atoms with E-state index in [1.165, 1.54) is 18.2 Å². The van der Waals surface area contributed by atoms with E-state index in [0.29, 0.717) is 23.3 Å². The van der Waals surface area contributed by atoms with Gasteiger partial charge in [0.05, 0.1) is 17.3 Å². The Balaban J connectivity index is 1.52. The van der Waals surface area contributed by atoms with Crippen molar-refractivity contribution in [1.29, 1.82) is 0 Å². The summed E-state index contributed by atoms with van der Waals surface area (Å²) in [4.78, 5) is 22.7. The van der Waals surface area contributed by atoms with Gasteiger partial charge in [0.25, 0.3) is 5.91 Å². The Labute approximate surface area is 224 Å². The predicted molar refractivity (Wildman–Crippen MR) is 144 cm³/mol. The van der Waals surface area contributed by atoms with Gasteiger partial charge in [-0.3, -0.25) is 14.8 Å². The van der Waals surface area contributed by atoms with Crippen LogP contribution in [0, 0.1) is 0 Å². The normalized spacial score (nSPS) is 16.4. The van der Waals surface area contributed by atoms with Crippen molar-refractivity contribution in [2.24, 2.45) is 0 Å². The monoisotopic (exact) mass is 534 g/mol. The first kappa shape index (κ1) is 26.6. The Kier molecular flexibility index (Phi) is 7.76. The number of H-pyrrole nitrogens is 1. The van der Waals surface area contributed by atoms with Crippen LogP contribution in [0.25, 0.3) is 22.7 Å². The summed E-state index contributed by atoms with van der Waals surface area (Å²) in [6.45, 7) is 4.14. The third-order valence-electron chi connectivity index (χ3n) is 6.94. The summed E-state index contributed by atoms with van der Waals surface area (Å²) in [5.41, 5.74) is 1.25. The van der Waals surface area contributed by atoms with Crippen molar-refractivity contribution in [2.45, 2.75) is 12.2 Å². The van der Waals surface area contributed by atoms with Gasteiger partial charge in [-0.1, -0.05) is 42.5 Å². The van der Waals surface area contributed by atoms with Crippen molar-refractivity contribution < 1.29 is 18.0 Å². The number of alkyl halides is 3. The van der Waals surface area contributed by atoms with Crippen LogP contribution in [-0.4, -0.2) is 70.7 Å². The van der Waals surface area contributed by atoms with Crippen LogP contribution in [0.5, 0.6) is 0 Å². The highest BCUT2D eigenvalue weighted by molar-refractivity contribution is 6.24. The number of hydrogen-bond donors (Lipinski definition) is 2. The van der Waals surface area contributed by atoms with Crippen molar-refractivity contribution in [3.63, 3.8) is 0 Å². The van der Waals surface area contributed by atoms with Crippen LogP contribution < -0.4 is 5.32 Å². The van der Waals surface area contributed by atoms with Gasteiger partial charge in [0, 0.05) is 49.9 Å². The number of fused-ring (bicyclic) bond motifs is 1. The number of likely N-dealkylation sites (N-methyl/N-ethyl adjacent to an activating group) is 1. The number of carbonyl (C=O) groups is 1. The first-order valence-electron chi connectivity index (χ1n) is 12.7. The smallest absolute Gasteiger partial charge is 0.344 e. The molecule has 39 heavy (non-hydrogen) atoms. The third-order valence-corrected chi connectivity index (χ3v) is 6.94. The molecule has 0 aliphatic carbocycles. The summed E-state index contributed by atoms with van der Waals surface area (Å²) in [5.74, 6) is -0.489. The average Bonchev–Trinajstić information content (AvgIpc) is 3.35. The molecule has 0 bridgehead atoms.